The summed E-state index contributed by atoms with van der Waals surface area (Å²) >= 11 is 4.13. The molecule has 72 valence electrons. The SMILES string of the molecule is Cc1sc(Br)cc1C(=O)C(F)(F)F. The van der Waals surface area contributed by atoms with Gasteiger partial charge in [0.15, 0.2) is 0 Å². The van der Waals surface area contributed by atoms with E-state index in [1.807, 2.05) is 0 Å². The highest BCUT2D eigenvalue weighted by molar-refractivity contribution is 9.11. The van der Waals surface area contributed by atoms with Crippen molar-refractivity contribution in [2.45, 2.75) is 13.1 Å². The lowest BCUT2D eigenvalue weighted by atomic mass is 10.2. The fourth-order valence-corrected chi connectivity index (χ4v) is 2.51. The summed E-state index contributed by atoms with van der Waals surface area (Å²) in [6.45, 7) is 1.48. The second-order valence-electron chi connectivity index (χ2n) is 2.35. The van der Waals surface area contributed by atoms with Gasteiger partial charge in [-0.05, 0) is 28.9 Å². The van der Waals surface area contributed by atoms with E-state index in [2.05, 4.69) is 15.9 Å². The van der Waals surface area contributed by atoms with Gasteiger partial charge >= 0.3 is 6.18 Å². The van der Waals surface area contributed by atoms with Gasteiger partial charge in [0.2, 0.25) is 0 Å². The van der Waals surface area contributed by atoms with Gasteiger partial charge in [-0.1, -0.05) is 0 Å². The number of ketones is 1. The molecular weight excluding hydrogens is 269 g/mol. The van der Waals surface area contributed by atoms with Crippen LogP contribution in [0.1, 0.15) is 15.2 Å². The van der Waals surface area contributed by atoms with E-state index in [0.29, 0.717) is 8.66 Å². The molecule has 1 heterocycles. The Balaban J connectivity index is 3.09. The minimum Gasteiger partial charge on any atom is -0.284 e. The zero-order valence-corrected chi connectivity index (χ0v) is 8.81. The number of aryl methyl sites for hydroxylation is 1. The number of rotatable bonds is 1. The van der Waals surface area contributed by atoms with Crippen LogP contribution >= 0.6 is 27.3 Å². The first-order valence-electron chi connectivity index (χ1n) is 3.20. The van der Waals surface area contributed by atoms with Crippen molar-refractivity contribution in [3.63, 3.8) is 0 Å². The summed E-state index contributed by atoms with van der Waals surface area (Å²) in [7, 11) is 0. The first-order chi connectivity index (χ1) is 5.82. The molecule has 0 aromatic carbocycles. The Morgan fingerprint density at radius 2 is 2.08 bits per heavy atom. The number of alkyl halides is 3. The van der Waals surface area contributed by atoms with Gasteiger partial charge in [0, 0.05) is 10.4 Å². The van der Waals surface area contributed by atoms with E-state index in [-0.39, 0.29) is 5.56 Å². The largest absolute Gasteiger partial charge is 0.454 e. The Bertz CT molecular complexity index is 342. The molecule has 0 aliphatic rings. The maximum atomic E-state index is 12.0. The predicted octanol–water partition coefficient (Wildman–Crippen LogP) is 3.56. The lowest BCUT2D eigenvalue weighted by molar-refractivity contribution is -0.0885. The molecular formula is C7H4BrF3OS. The third-order valence-corrected chi connectivity index (χ3v) is 2.94. The summed E-state index contributed by atoms with van der Waals surface area (Å²) < 4.78 is 36.4. The molecule has 6 heteroatoms. The topological polar surface area (TPSA) is 17.1 Å². The van der Waals surface area contributed by atoms with E-state index in [4.69, 9.17) is 0 Å². The van der Waals surface area contributed by atoms with Gasteiger partial charge in [-0.2, -0.15) is 13.2 Å². The van der Waals surface area contributed by atoms with Crippen LogP contribution in [0, 0.1) is 6.92 Å². The standard InChI is InChI=1S/C7H4BrF3OS/c1-3-4(2-5(8)13-3)6(12)7(9,10)11/h2H,1H3. The summed E-state index contributed by atoms with van der Waals surface area (Å²) in [4.78, 5) is 11.1. The average Bonchev–Trinajstić information content (AvgIpc) is 2.26. The van der Waals surface area contributed by atoms with Crippen LogP contribution in [-0.2, 0) is 0 Å². The van der Waals surface area contributed by atoms with Crippen molar-refractivity contribution in [2.24, 2.45) is 0 Å². The Hall–Kier alpha value is -0.360. The smallest absolute Gasteiger partial charge is 0.284 e. The highest BCUT2D eigenvalue weighted by Gasteiger charge is 2.40. The molecule has 0 amide bonds. The minimum absolute atomic E-state index is 0.274. The number of halogens is 4. The molecule has 1 nitrogen and oxygen atoms in total. The first-order valence-corrected chi connectivity index (χ1v) is 4.81. The van der Waals surface area contributed by atoms with E-state index in [0.717, 1.165) is 11.3 Å². The Morgan fingerprint density at radius 3 is 2.38 bits per heavy atom. The molecule has 13 heavy (non-hydrogen) atoms. The zero-order chi connectivity index (χ0) is 10.2. The molecule has 0 spiro atoms. The molecule has 1 aromatic rings. The number of Topliss-reactive ketones (excluding diaryl/α,β-unsaturated/α-hetero) is 1. The van der Waals surface area contributed by atoms with E-state index in [9.17, 15) is 18.0 Å². The second-order valence-corrected chi connectivity index (χ2v) is 4.98. The molecule has 1 rings (SSSR count). The minimum atomic E-state index is -4.79. The van der Waals surface area contributed by atoms with Crippen LogP contribution in [0.5, 0.6) is 0 Å². The molecule has 0 saturated heterocycles. The fraction of sp³-hybridized carbons (Fsp3) is 0.286. The van der Waals surface area contributed by atoms with Gasteiger partial charge in [0.05, 0.1) is 3.79 Å². The molecule has 1 aromatic heterocycles. The number of hydrogen-bond acceptors (Lipinski definition) is 2. The Kier molecular flexibility index (Phi) is 2.82. The van der Waals surface area contributed by atoms with Crippen LogP contribution in [0.2, 0.25) is 0 Å². The molecule has 0 aliphatic carbocycles. The van der Waals surface area contributed by atoms with Crippen molar-refractivity contribution in [1.29, 1.82) is 0 Å². The lowest BCUT2D eigenvalue weighted by Crippen LogP contribution is -2.22. The monoisotopic (exact) mass is 272 g/mol. The van der Waals surface area contributed by atoms with Crippen molar-refractivity contribution in [3.05, 3.63) is 20.3 Å². The number of carbonyl (C=O) groups is 1. The number of hydrogen-bond donors (Lipinski definition) is 0. The summed E-state index contributed by atoms with van der Waals surface area (Å²) in [5.41, 5.74) is -0.274. The van der Waals surface area contributed by atoms with Gasteiger partial charge in [-0.25, -0.2) is 0 Å². The van der Waals surface area contributed by atoms with Crippen molar-refractivity contribution in [1.82, 2.24) is 0 Å². The van der Waals surface area contributed by atoms with Gasteiger partial charge in [0.25, 0.3) is 5.78 Å². The molecule has 0 bridgehead atoms. The lowest BCUT2D eigenvalue weighted by Gasteiger charge is -2.03. The van der Waals surface area contributed by atoms with Gasteiger partial charge < -0.3 is 0 Å². The summed E-state index contributed by atoms with van der Waals surface area (Å²) in [6.07, 6.45) is -4.79. The fourth-order valence-electron chi connectivity index (χ4n) is 0.824. The van der Waals surface area contributed by atoms with Crippen molar-refractivity contribution in [2.75, 3.05) is 0 Å². The molecule has 0 atom stereocenters. The Labute approximate surface area is 84.7 Å². The third kappa shape index (κ3) is 2.31. The van der Waals surface area contributed by atoms with Crippen LogP contribution in [0.4, 0.5) is 13.2 Å². The number of thiophene rings is 1. The highest BCUT2D eigenvalue weighted by atomic mass is 79.9. The van der Waals surface area contributed by atoms with E-state index in [1.165, 1.54) is 13.0 Å². The zero-order valence-electron chi connectivity index (χ0n) is 6.41. The first kappa shape index (κ1) is 10.7. The maximum absolute atomic E-state index is 12.0. The molecule has 0 aliphatic heterocycles. The molecule has 0 unspecified atom stereocenters. The van der Waals surface area contributed by atoms with Crippen LogP contribution < -0.4 is 0 Å². The third-order valence-electron chi connectivity index (χ3n) is 1.39. The normalized spacial score (nSPS) is 11.8. The average molecular weight is 273 g/mol. The van der Waals surface area contributed by atoms with E-state index >= 15 is 0 Å². The van der Waals surface area contributed by atoms with Crippen molar-refractivity contribution >= 4 is 33.0 Å². The predicted molar refractivity (Wildman–Crippen MR) is 47.1 cm³/mol. The van der Waals surface area contributed by atoms with Gasteiger partial charge in [-0.15, -0.1) is 11.3 Å². The van der Waals surface area contributed by atoms with Crippen LogP contribution in [-0.4, -0.2) is 12.0 Å². The Morgan fingerprint density at radius 1 is 1.54 bits per heavy atom. The summed E-state index contributed by atoms with van der Waals surface area (Å²) in [5, 5.41) is 0. The molecule has 0 N–H and O–H groups in total. The molecule has 0 radical (unpaired) electrons. The second kappa shape index (κ2) is 3.42. The van der Waals surface area contributed by atoms with Crippen molar-refractivity contribution in [3.8, 4) is 0 Å². The van der Waals surface area contributed by atoms with E-state index in [1.54, 1.807) is 0 Å². The highest BCUT2D eigenvalue weighted by Crippen LogP contribution is 2.31. The molecule has 0 saturated carbocycles. The van der Waals surface area contributed by atoms with Gasteiger partial charge in [0.1, 0.15) is 0 Å². The number of carbonyl (C=O) groups excluding carboxylic acids is 1. The quantitative estimate of drug-likeness (QED) is 0.715. The maximum Gasteiger partial charge on any atom is 0.454 e. The van der Waals surface area contributed by atoms with Crippen molar-refractivity contribution < 1.29 is 18.0 Å². The molecule has 0 fully saturated rings. The summed E-state index contributed by atoms with van der Waals surface area (Å²) in [5.74, 6) is -1.79. The van der Waals surface area contributed by atoms with Crippen LogP contribution in [0.3, 0.4) is 0 Å². The van der Waals surface area contributed by atoms with E-state index < -0.39 is 12.0 Å². The van der Waals surface area contributed by atoms with Gasteiger partial charge in [-0.3, -0.25) is 4.79 Å². The van der Waals surface area contributed by atoms with Crippen LogP contribution in [0.25, 0.3) is 0 Å². The summed E-state index contributed by atoms with van der Waals surface area (Å²) in [6, 6.07) is 1.19. The van der Waals surface area contributed by atoms with Crippen LogP contribution in [0.15, 0.2) is 9.85 Å².